The fraction of sp³-hybridized carbons (Fsp3) is 0.235. The lowest BCUT2D eigenvalue weighted by molar-refractivity contribution is 0.0696. The predicted molar refractivity (Wildman–Crippen MR) is 81.7 cm³/mol. The van der Waals surface area contributed by atoms with E-state index in [2.05, 4.69) is 4.90 Å². The first-order valence-electron chi connectivity index (χ1n) is 7.00. The number of aryl methyl sites for hydroxylation is 1. The number of ether oxygens (including phenoxy) is 1. The molecule has 4 heteroatoms. The van der Waals surface area contributed by atoms with Crippen LogP contribution in [0, 0.1) is 6.92 Å². The van der Waals surface area contributed by atoms with Crippen molar-refractivity contribution < 1.29 is 14.6 Å². The first-order valence-corrected chi connectivity index (χ1v) is 7.00. The van der Waals surface area contributed by atoms with Gasteiger partial charge in [-0.1, -0.05) is 12.1 Å². The van der Waals surface area contributed by atoms with E-state index in [0.717, 1.165) is 35.7 Å². The molecule has 0 atom stereocenters. The molecule has 0 spiro atoms. The van der Waals surface area contributed by atoms with Gasteiger partial charge in [0.2, 0.25) is 0 Å². The van der Waals surface area contributed by atoms with Crippen molar-refractivity contribution in [2.75, 3.05) is 18.1 Å². The molecule has 1 heterocycles. The smallest absolute Gasteiger partial charge is 0.335 e. The summed E-state index contributed by atoms with van der Waals surface area (Å²) in [6.07, 6.45) is 0.925. The molecule has 0 unspecified atom stereocenters. The Morgan fingerprint density at radius 3 is 2.81 bits per heavy atom. The first kappa shape index (κ1) is 13.5. The third-order valence-electron chi connectivity index (χ3n) is 3.69. The Morgan fingerprint density at radius 1 is 1.24 bits per heavy atom. The van der Waals surface area contributed by atoms with Gasteiger partial charge in [0, 0.05) is 12.2 Å². The molecular weight excluding hydrogens is 266 g/mol. The highest BCUT2D eigenvalue weighted by atomic mass is 16.5. The summed E-state index contributed by atoms with van der Waals surface area (Å²) in [6.45, 7) is 3.37. The second kappa shape index (κ2) is 5.48. The average molecular weight is 283 g/mol. The molecule has 0 amide bonds. The number of carbonyl (C=O) groups is 1. The van der Waals surface area contributed by atoms with Gasteiger partial charge < -0.3 is 14.7 Å². The molecule has 0 saturated carbocycles. The van der Waals surface area contributed by atoms with Gasteiger partial charge in [0.15, 0.2) is 0 Å². The van der Waals surface area contributed by atoms with E-state index >= 15 is 0 Å². The van der Waals surface area contributed by atoms with Crippen LogP contribution in [-0.2, 0) is 0 Å². The molecule has 108 valence electrons. The van der Waals surface area contributed by atoms with Crippen LogP contribution in [0.5, 0.6) is 5.75 Å². The Balaban J connectivity index is 2.04. The second-order valence-electron chi connectivity index (χ2n) is 5.13. The minimum absolute atomic E-state index is 0.345. The zero-order valence-corrected chi connectivity index (χ0v) is 11.9. The Morgan fingerprint density at radius 2 is 2.05 bits per heavy atom. The maximum Gasteiger partial charge on any atom is 0.335 e. The van der Waals surface area contributed by atoms with Gasteiger partial charge in [-0.3, -0.25) is 0 Å². The molecule has 0 aliphatic carbocycles. The Kier molecular flexibility index (Phi) is 3.52. The highest BCUT2D eigenvalue weighted by Gasteiger charge is 2.18. The quantitative estimate of drug-likeness (QED) is 0.914. The lowest BCUT2D eigenvalue weighted by Gasteiger charge is -2.24. The van der Waals surface area contributed by atoms with Crippen LogP contribution >= 0.6 is 0 Å². The minimum atomic E-state index is -0.890. The average Bonchev–Trinajstić information content (AvgIpc) is 2.69. The van der Waals surface area contributed by atoms with Gasteiger partial charge in [0.1, 0.15) is 5.75 Å². The zero-order chi connectivity index (χ0) is 14.8. The van der Waals surface area contributed by atoms with E-state index in [0.29, 0.717) is 12.2 Å². The molecule has 0 radical (unpaired) electrons. The summed E-state index contributed by atoms with van der Waals surface area (Å²) in [6, 6.07) is 13.4. The van der Waals surface area contributed by atoms with E-state index in [1.807, 2.05) is 43.3 Å². The van der Waals surface area contributed by atoms with E-state index in [1.165, 1.54) is 0 Å². The van der Waals surface area contributed by atoms with Crippen LogP contribution < -0.4 is 9.64 Å². The van der Waals surface area contributed by atoms with Crippen molar-refractivity contribution >= 4 is 17.3 Å². The Bertz CT molecular complexity index is 681. The summed E-state index contributed by atoms with van der Waals surface area (Å²) < 4.78 is 5.76. The van der Waals surface area contributed by atoms with Gasteiger partial charge in [0.05, 0.1) is 17.9 Å². The number of carboxylic acid groups (broad SMARTS) is 1. The van der Waals surface area contributed by atoms with Crippen molar-refractivity contribution in [2.45, 2.75) is 13.3 Å². The number of hydrogen-bond donors (Lipinski definition) is 1. The lowest BCUT2D eigenvalue weighted by Crippen LogP contribution is -2.18. The lowest BCUT2D eigenvalue weighted by atomic mass is 10.1. The van der Waals surface area contributed by atoms with Gasteiger partial charge in [-0.25, -0.2) is 4.79 Å². The Hall–Kier alpha value is -2.49. The topological polar surface area (TPSA) is 49.8 Å². The molecule has 4 nitrogen and oxygen atoms in total. The summed E-state index contributed by atoms with van der Waals surface area (Å²) in [5, 5.41) is 9.14. The van der Waals surface area contributed by atoms with Gasteiger partial charge in [-0.2, -0.15) is 0 Å². The molecule has 2 aromatic rings. The third-order valence-corrected chi connectivity index (χ3v) is 3.69. The largest absolute Gasteiger partial charge is 0.491 e. The number of nitrogens with zero attached hydrogens (tertiary/aromatic N) is 1. The number of rotatable bonds is 2. The highest BCUT2D eigenvalue weighted by molar-refractivity contribution is 5.90. The molecular formula is C17H17NO3. The third kappa shape index (κ3) is 2.57. The van der Waals surface area contributed by atoms with Crippen LogP contribution in [0.4, 0.5) is 11.4 Å². The molecule has 1 aliphatic rings. The standard InChI is InChI=1S/C17H17NO3/c1-12-11-13(7-8-14(12)17(19)20)18-9-4-10-21-16-6-3-2-5-15(16)18/h2-3,5-8,11H,4,9-10H2,1H3,(H,19,20). The molecule has 1 aliphatic heterocycles. The first-order chi connectivity index (χ1) is 10.2. The molecule has 1 N–H and O–H groups in total. The van der Waals surface area contributed by atoms with Crippen molar-refractivity contribution in [2.24, 2.45) is 0 Å². The van der Waals surface area contributed by atoms with Gasteiger partial charge in [-0.15, -0.1) is 0 Å². The van der Waals surface area contributed by atoms with Crippen molar-refractivity contribution in [1.82, 2.24) is 0 Å². The summed E-state index contributed by atoms with van der Waals surface area (Å²) in [7, 11) is 0. The fourth-order valence-corrected chi connectivity index (χ4v) is 2.65. The SMILES string of the molecule is Cc1cc(N2CCCOc3ccccc32)ccc1C(=O)O. The van der Waals surface area contributed by atoms with Gasteiger partial charge >= 0.3 is 5.97 Å². The molecule has 0 saturated heterocycles. The molecule has 0 fully saturated rings. The van der Waals surface area contributed by atoms with Crippen LogP contribution in [0.1, 0.15) is 22.3 Å². The van der Waals surface area contributed by atoms with Crippen molar-refractivity contribution in [3.63, 3.8) is 0 Å². The molecule has 21 heavy (non-hydrogen) atoms. The number of hydrogen-bond acceptors (Lipinski definition) is 3. The summed E-state index contributed by atoms with van der Waals surface area (Å²) in [4.78, 5) is 13.3. The maximum absolute atomic E-state index is 11.1. The van der Waals surface area contributed by atoms with Crippen molar-refractivity contribution in [1.29, 1.82) is 0 Å². The molecule has 0 bridgehead atoms. The van der Waals surface area contributed by atoms with Crippen LogP contribution in [0.15, 0.2) is 42.5 Å². The Labute approximate surface area is 123 Å². The number of anilines is 2. The summed E-state index contributed by atoms with van der Waals surface area (Å²) in [5.41, 5.74) is 3.13. The van der Waals surface area contributed by atoms with E-state index in [1.54, 1.807) is 6.07 Å². The minimum Gasteiger partial charge on any atom is -0.491 e. The molecule has 2 aromatic carbocycles. The highest BCUT2D eigenvalue weighted by Crippen LogP contribution is 2.36. The van der Waals surface area contributed by atoms with E-state index in [-0.39, 0.29) is 0 Å². The number of fused-ring (bicyclic) bond motifs is 1. The number of benzene rings is 2. The summed E-state index contributed by atoms with van der Waals surface area (Å²) in [5.74, 6) is -0.0198. The fourth-order valence-electron chi connectivity index (χ4n) is 2.65. The normalized spacial score (nSPS) is 14.0. The molecule has 3 rings (SSSR count). The second-order valence-corrected chi connectivity index (χ2v) is 5.13. The number of para-hydroxylation sites is 2. The monoisotopic (exact) mass is 283 g/mol. The predicted octanol–water partition coefficient (Wildman–Crippen LogP) is 3.61. The van der Waals surface area contributed by atoms with Crippen LogP contribution in [0.2, 0.25) is 0 Å². The van der Waals surface area contributed by atoms with Crippen molar-refractivity contribution in [3.05, 3.63) is 53.6 Å². The summed E-state index contributed by atoms with van der Waals surface area (Å²) >= 11 is 0. The van der Waals surface area contributed by atoms with Crippen molar-refractivity contribution in [3.8, 4) is 5.75 Å². The van der Waals surface area contributed by atoms with Crippen LogP contribution in [0.25, 0.3) is 0 Å². The zero-order valence-electron chi connectivity index (χ0n) is 11.9. The van der Waals surface area contributed by atoms with E-state index in [4.69, 9.17) is 9.84 Å². The van der Waals surface area contributed by atoms with E-state index in [9.17, 15) is 4.79 Å². The van der Waals surface area contributed by atoms with E-state index < -0.39 is 5.97 Å². The maximum atomic E-state index is 11.1. The number of aromatic carboxylic acids is 1. The molecule has 0 aromatic heterocycles. The van der Waals surface area contributed by atoms with Gasteiger partial charge in [-0.05, 0) is 49.2 Å². The van der Waals surface area contributed by atoms with Crippen LogP contribution in [0.3, 0.4) is 0 Å². The van der Waals surface area contributed by atoms with Crippen LogP contribution in [-0.4, -0.2) is 24.2 Å². The van der Waals surface area contributed by atoms with Gasteiger partial charge in [0.25, 0.3) is 0 Å². The number of carboxylic acids is 1.